The minimum absolute atomic E-state index is 0.0104. The van der Waals surface area contributed by atoms with Crippen LogP contribution in [-0.4, -0.2) is 23.3 Å². The van der Waals surface area contributed by atoms with Gasteiger partial charge in [-0.3, -0.25) is 9.59 Å². The lowest BCUT2D eigenvalue weighted by atomic mass is 9.74. The number of fused-ring (bicyclic) bond motifs is 2. The maximum absolute atomic E-state index is 14.6. The van der Waals surface area contributed by atoms with Crippen molar-refractivity contribution >= 4 is 39.5 Å². The Balaban J connectivity index is 1.40. The number of anilines is 2. The Morgan fingerprint density at radius 2 is 1.58 bits per heavy atom. The Hall–Kier alpha value is -5.10. The van der Waals surface area contributed by atoms with E-state index in [1.54, 1.807) is 0 Å². The Morgan fingerprint density at radius 1 is 0.867 bits per heavy atom. The highest BCUT2D eigenvalue weighted by Crippen LogP contribution is 2.49. The molecule has 5 aromatic rings. The Bertz CT molecular complexity index is 1940. The molecule has 4 aromatic carbocycles. The molecule has 45 heavy (non-hydrogen) atoms. The number of nitrogens with one attached hydrogen (secondary N) is 2. The van der Waals surface area contributed by atoms with Crippen LogP contribution in [0.25, 0.3) is 16.5 Å². The van der Waals surface area contributed by atoms with Gasteiger partial charge in [0.1, 0.15) is 5.75 Å². The van der Waals surface area contributed by atoms with Crippen molar-refractivity contribution < 1.29 is 14.3 Å². The molecule has 1 unspecified atom stereocenters. The second kappa shape index (κ2) is 11.4. The lowest BCUT2D eigenvalue weighted by molar-refractivity contribution is -0.119. The predicted molar refractivity (Wildman–Crippen MR) is 180 cm³/mol. The number of aromatic nitrogens is 1. The zero-order chi connectivity index (χ0) is 31.1. The maximum Gasteiger partial charge on any atom is 0.239 e. The van der Waals surface area contributed by atoms with Crippen molar-refractivity contribution in [3.05, 3.63) is 131 Å². The van der Waals surface area contributed by atoms with Crippen molar-refractivity contribution in [1.29, 1.82) is 0 Å². The Labute approximate surface area is 263 Å². The zero-order valence-corrected chi connectivity index (χ0v) is 25.9. The largest absolute Gasteiger partial charge is 0.494 e. The number of rotatable bonds is 8. The molecule has 0 radical (unpaired) electrons. The molecule has 2 aliphatic rings. The predicted octanol–water partition coefficient (Wildman–Crippen LogP) is 8.46. The number of para-hydroxylation sites is 2. The van der Waals surface area contributed by atoms with Crippen molar-refractivity contribution in [2.45, 2.75) is 46.1 Å². The van der Waals surface area contributed by atoms with Crippen molar-refractivity contribution in [2.75, 3.05) is 16.8 Å². The zero-order valence-electron chi connectivity index (χ0n) is 25.9. The van der Waals surface area contributed by atoms with Crippen LogP contribution in [0.4, 0.5) is 11.4 Å². The molecule has 1 amide bonds. The number of allylic oxidation sites excluding steroid dienone is 2. The molecule has 6 heteroatoms. The maximum atomic E-state index is 14.6. The highest BCUT2D eigenvalue weighted by Gasteiger charge is 2.43. The molecule has 1 aliphatic carbocycles. The topological polar surface area (TPSA) is 74.4 Å². The quantitative estimate of drug-likeness (QED) is 0.189. The number of nitrogens with zero attached hydrogens (tertiary/aromatic N) is 1. The molecule has 7 rings (SSSR count). The molecular weight excluding hydrogens is 558 g/mol. The number of H-pyrrole nitrogens is 1. The molecule has 0 saturated heterocycles. The highest BCUT2D eigenvalue weighted by atomic mass is 16.5. The summed E-state index contributed by atoms with van der Waals surface area (Å²) < 4.78 is 5.65. The van der Waals surface area contributed by atoms with Crippen LogP contribution in [0.3, 0.4) is 0 Å². The van der Waals surface area contributed by atoms with E-state index < -0.39 is 5.92 Å². The number of hydrogen-bond donors (Lipinski definition) is 2. The van der Waals surface area contributed by atoms with Crippen LogP contribution < -0.4 is 15.0 Å². The van der Waals surface area contributed by atoms with Gasteiger partial charge in [0.2, 0.25) is 5.91 Å². The lowest BCUT2D eigenvalue weighted by Crippen LogP contribution is -2.30. The summed E-state index contributed by atoms with van der Waals surface area (Å²) in [5.74, 6) is 0.315. The summed E-state index contributed by atoms with van der Waals surface area (Å²) >= 11 is 0. The number of ether oxygens (including phenoxy) is 1. The number of benzene rings is 4. The normalized spacial score (nSPS) is 17.6. The molecule has 1 aliphatic heterocycles. The Kier molecular flexibility index (Phi) is 7.28. The van der Waals surface area contributed by atoms with Crippen molar-refractivity contribution in [1.82, 2.24) is 4.98 Å². The van der Waals surface area contributed by atoms with Gasteiger partial charge in [0.15, 0.2) is 5.78 Å². The summed E-state index contributed by atoms with van der Waals surface area (Å²) in [6, 6.07) is 34.0. The average Bonchev–Trinajstić information content (AvgIpc) is 3.52. The van der Waals surface area contributed by atoms with E-state index in [9.17, 15) is 9.59 Å². The van der Waals surface area contributed by atoms with Gasteiger partial charge in [-0.15, -0.1) is 0 Å². The molecule has 1 aromatic heterocycles. The van der Waals surface area contributed by atoms with E-state index in [1.807, 2.05) is 109 Å². The number of carbonyl (C=O) groups is 2. The van der Waals surface area contributed by atoms with Crippen molar-refractivity contribution in [3.63, 3.8) is 0 Å². The summed E-state index contributed by atoms with van der Waals surface area (Å²) in [5.41, 5.74) is 7.55. The van der Waals surface area contributed by atoms with Gasteiger partial charge in [-0.25, -0.2) is 0 Å². The summed E-state index contributed by atoms with van der Waals surface area (Å²) in [6.45, 7) is 7.30. The third-order valence-corrected chi connectivity index (χ3v) is 8.86. The van der Waals surface area contributed by atoms with Crippen molar-refractivity contribution in [2.24, 2.45) is 5.41 Å². The number of amides is 1. The van der Waals surface area contributed by atoms with E-state index in [0.29, 0.717) is 31.6 Å². The minimum Gasteiger partial charge on any atom is -0.494 e. The van der Waals surface area contributed by atoms with Gasteiger partial charge in [0, 0.05) is 40.0 Å². The van der Waals surface area contributed by atoms with E-state index in [-0.39, 0.29) is 17.1 Å². The number of carbonyl (C=O) groups excluding carboxylic acids is 2. The van der Waals surface area contributed by atoms with Gasteiger partial charge in [-0.05, 0) is 66.3 Å². The van der Waals surface area contributed by atoms with E-state index in [2.05, 4.69) is 30.2 Å². The van der Waals surface area contributed by atoms with E-state index >= 15 is 0 Å². The van der Waals surface area contributed by atoms with Gasteiger partial charge >= 0.3 is 0 Å². The van der Waals surface area contributed by atoms with Crippen LogP contribution in [0.15, 0.2) is 109 Å². The van der Waals surface area contributed by atoms with E-state index in [0.717, 1.165) is 56.1 Å². The molecule has 0 saturated carbocycles. The van der Waals surface area contributed by atoms with Gasteiger partial charge in [0.25, 0.3) is 0 Å². The van der Waals surface area contributed by atoms with Crippen LogP contribution in [-0.2, 0) is 16.1 Å². The van der Waals surface area contributed by atoms with Gasteiger partial charge in [0.05, 0.1) is 30.3 Å². The first-order chi connectivity index (χ1) is 21.8. The molecule has 6 nitrogen and oxygen atoms in total. The molecule has 226 valence electrons. The number of ketones is 1. The SMILES string of the molecule is CCOc1ccc(NC2=C(c3[nH]c4ccccc4c3C3C(=O)N(Cc4ccccc4)c4ccccc43)C(=O)CC(C)(C)C2)cc1. The van der Waals surface area contributed by atoms with Crippen LogP contribution in [0, 0.1) is 5.41 Å². The van der Waals surface area contributed by atoms with Crippen LogP contribution in [0.1, 0.15) is 61.9 Å². The molecule has 0 fully saturated rings. The average molecular weight is 596 g/mol. The van der Waals surface area contributed by atoms with E-state index in [4.69, 9.17) is 4.74 Å². The number of Topliss-reactive ketones (excluding diaryl/α,β-unsaturated/α-hetero) is 1. The first kappa shape index (κ1) is 28.7. The van der Waals surface area contributed by atoms with Crippen molar-refractivity contribution in [3.8, 4) is 5.75 Å². The Morgan fingerprint density at radius 3 is 2.36 bits per heavy atom. The smallest absolute Gasteiger partial charge is 0.239 e. The first-order valence-corrected chi connectivity index (χ1v) is 15.6. The van der Waals surface area contributed by atoms with Crippen LogP contribution in [0.5, 0.6) is 5.75 Å². The summed E-state index contributed by atoms with van der Waals surface area (Å²) in [4.78, 5) is 34.3. The molecule has 2 N–H and O–H groups in total. The standard InChI is InChI=1S/C39H37N3O3/c1-4-45-27-20-18-26(19-21-27)40-31-22-39(2,3)23-33(43)36(31)37-34(28-14-8-10-16-30(28)41-37)35-29-15-9-11-17-32(29)42(38(35)44)24-25-12-6-5-7-13-25/h5-21,35,40-41H,4,22-24H2,1-3H3. The third kappa shape index (κ3) is 5.31. The molecule has 1 atom stereocenters. The summed E-state index contributed by atoms with van der Waals surface area (Å²) in [6.07, 6.45) is 1.10. The monoisotopic (exact) mass is 595 g/mol. The third-order valence-electron chi connectivity index (χ3n) is 8.86. The molecular formula is C39H37N3O3. The summed E-state index contributed by atoms with van der Waals surface area (Å²) in [7, 11) is 0. The highest BCUT2D eigenvalue weighted by molar-refractivity contribution is 6.24. The van der Waals surface area contributed by atoms with Gasteiger partial charge in [-0.1, -0.05) is 80.6 Å². The van der Waals surface area contributed by atoms with E-state index in [1.165, 1.54) is 0 Å². The summed E-state index contributed by atoms with van der Waals surface area (Å²) in [5, 5.41) is 4.56. The van der Waals surface area contributed by atoms with Crippen LogP contribution in [0.2, 0.25) is 0 Å². The second-order valence-corrected chi connectivity index (χ2v) is 12.7. The molecule has 0 spiro atoms. The van der Waals surface area contributed by atoms with Crippen LogP contribution >= 0.6 is 0 Å². The fraction of sp³-hybridized carbons (Fsp3) is 0.231. The minimum atomic E-state index is -0.557. The second-order valence-electron chi connectivity index (χ2n) is 12.7. The fourth-order valence-corrected chi connectivity index (χ4v) is 6.95. The van der Waals surface area contributed by atoms with Gasteiger partial charge in [-0.2, -0.15) is 0 Å². The molecule has 2 heterocycles. The molecule has 0 bridgehead atoms. The number of aromatic amines is 1. The first-order valence-electron chi connectivity index (χ1n) is 15.6. The number of hydrogen-bond acceptors (Lipinski definition) is 4. The lowest BCUT2D eigenvalue weighted by Gasteiger charge is -2.33. The fourth-order valence-electron chi connectivity index (χ4n) is 6.95. The van der Waals surface area contributed by atoms with Gasteiger partial charge < -0.3 is 19.9 Å².